The van der Waals surface area contributed by atoms with Gasteiger partial charge in [0, 0.05) is 6.07 Å². The number of anilines is 1. The number of nitrogens with two attached hydrogens (primary N) is 1. The average Bonchev–Trinajstić information content (AvgIpc) is 2.95. The number of nitrogen functional groups attached to an aromatic ring is 1. The molecule has 0 saturated carbocycles. The lowest BCUT2D eigenvalue weighted by Crippen LogP contribution is -1.93. The summed E-state index contributed by atoms with van der Waals surface area (Å²) in [5.41, 5.74) is 8.69. The van der Waals surface area contributed by atoms with Crippen molar-refractivity contribution in [3.05, 3.63) is 29.3 Å². The number of ether oxygens (including phenoxy) is 2. The molecule has 0 bridgehead atoms. The van der Waals surface area contributed by atoms with Crippen LogP contribution in [-0.4, -0.2) is 12.3 Å². The van der Waals surface area contributed by atoms with Gasteiger partial charge in [0.25, 0.3) is 0 Å². The molecule has 0 atom stereocenters. The van der Waals surface area contributed by atoms with E-state index in [2.05, 4.69) is 5.16 Å². The highest BCUT2D eigenvalue weighted by Crippen LogP contribution is 2.39. The summed E-state index contributed by atoms with van der Waals surface area (Å²) in [6.45, 7) is 1.18. The van der Waals surface area contributed by atoms with Gasteiger partial charge >= 0.3 is 0 Å². The number of hydrogen-bond donors (Lipinski definition) is 1. The molecule has 1 aliphatic heterocycles. The summed E-state index contributed by atoms with van der Waals surface area (Å²) in [6.07, 6.45) is 0. The van der Waals surface area contributed by atoms with Crippen LogP contribution in [-0.2, 0) is 18.0 Å². The van der Waals surface area contributed by atoms with E-state index in [4.69, 9.17) is 19.7 Å². The molecule has 1 aromatic carbocycles. The summed E-state index contributed by atoms with van der Waals surface area (Å²) < 4.78 is 16.0. The summed E-state index contributed by atoms with van der Waals surface area (Å²) >= 11 is 0. The summed E-state index contributed by atoms with van der Waals surface area (Å²) in [5.74, 6) is 1.71. The largest absolute Gasteiger partial charge is 0.496 e. The lowest BCUT2D eigenvalue weighted by molar-refractivity contribution is 0.134. The van der Waals surface area contributed by atoms with Crippen LogP contribution in [0.4, 0.5) is 5.82 Å². The minimum Gasteiger partial charge on any atom is -0.496 e. The van der Waals surface area contributed by atoms with Crippen LogP contribution in [0.25, 0.3) is 11.3 Å². The molecule has 2 N–H and O–H groups in total. The highest BCUT2D eigenvalue weighted by molar-refractivity contribution is 5.73. The fourth-order valence-electron chi connectivity index (χ4n) is 2.08. The smallest absolute Gasteiger partial charge is 0.173 e. The number of hydrogen-bond acceptors (Lipinski definition) is 5. The van der Waals surface area contributed by atoms with Crippen LogP contribution in [0.1, 0.15) is 11.1 Å². The van der Waals surface area contributed by atoms with E-state index >= 15 is 0 Å². The van der Waals surface area contributed by atoms with Crippen molar-refractivity contribution < 1.29 is 14.0 Å². The number of fused-ring (bicyclic) bond motifs is 1. The van der Waals surface area contributed by atoms with Gasteiger partial charge in [-0.1, -0.05) is 11.2 Å². The molecular formula is C12H12N2O3. The third-order valence-electron chi connectivity index (χ3n) is 2.87. The highest BCUT2D eigenvalue weighted by Gasteiger charge is 2.22. The second-order valence-electron chi connectivity index (χ2n) is 3.89. The molecule has 5 heteroatoms. The van der Waals surface area contributed by atoms with E-state index in [-0.39, 0.29) is 0 Å². The molecule has 3 rings (SSSR count). The summed E-state index contributed by atoms with van der Waals surface area (Å²) in [7, 11) is 1.63. The molecule has 1 aliphatic rings. The molecule has 0 saturated heterocycles. The van der Waals surface area contributed by atoms with Gasteiger partial charge in [0.05, 0.1) is 25.9 Å². The second-order valence-corrected chi connectivity index (χ2v) is 3.89. The van der Waals surface area contributed by atoms with Gasteiger partial charge in [0.15, 0.2) is 11.6 Å². The van der Waals surface area contributed by atoms with E-state index in [1.807, 2.05) is 12.1 Å². The molecule has 5 nitrogen and oxygen atoms in total. The quantitative estimate of drug-likeness (QED) is 0.857. The van der Waals surface area contributed by atoms with Gasteiger partial charge < -0.3 is 19.7 Å². The highest BCUT2D eigenvalue weighted by atomic mass is 16.5. The van der Waals surface area contributed by atoms with Crippen LogP contribution in [0.5, 0.6) is 5.75 Å². The topological polar surface area (TPSA) is 70.5 Å². The molecule has 0 radical (unpaired) electrons. The Hall–Kier alpha value is -2.01. The van der Waals surface area contributed by atoms with E-state index in [1.165, 1.54) is 0 Å². The first-order valence-corrected chi connectivity index (χ1v) is 5.28. The minimum absolute atomic E-state index is 0.360. The van der Waals surface area contributed by atoms with Crippen molar-refractivity contribution >= 4 is 5.82 Å². The molecule has 17 heavy (non-hydrogen) atoms. The lowest BCUT2D eigenvalue weighted by atomic mass is 10.0. The van der Waals surface area contributed by atoms with Crippen LogP contribution in [0.15, 0.2) is 22.7 Å². The monoisotopic (exact) mass is 232 g/mol. The average molecular weight is 232 g/mol. The predicted octanol–water partition coefficient (Wildman–Crippen LogP) is 1.96. The first-order valence-electron chi connectivity index (χ1n) is 5.28. The Morgan fingerprint density at radius 1 is 1.35 bits per heavy atom. The minimum atomic E-state index is 0.360. The standard InChI is InChI=1S/C12H12N2O3/c1-15-9-3-2-7-5-16-6-8(7)12(9)10-4-11(13)14-17-10/h2-4H,5-6H2,1H3,(H2,13,14). The normalized spacial score (nSPS) is 13.7. The number of methoxy groups -OCH3 is 1. The second kappa shape index (κ2) is 3.78. The first-order chi connectivity index (χ1) is 8.29. The molecule has 0 amide bonds. The van der Waals surface area contributed by atoms with Crippen molar-refractivity contribution in [2.75, 3.05) is 12.8 Å². The molecule has 0 unspecified atom stereocenters. The zero-order valence-electron chi connectivity index (χ0n) is 9.40. The summed E-state index contributed by atoms with van der Waals surface area (Å²) in [6, 6.07) is 5.60. The van der Waals surface area contributed by atoms with Crippen molar-refractivity contribution in [1.29, 1.82) is 0 Å². The lowest BCUT2D eigenvalue weighted by Gasteiger charge is -2.09. The number of benzene rings is 1. The predicted molar refractivity (Wildman–Crippen MR) is 61.4 cm³/mol. The molecule has 1 aromatic heterocycles. The van der Waals surface area contributed by atoms with Crippen molar-refractivity contribution in [3.63, 3.8) is 0 Å². The third-order valence-corrected chi connectivity index (χ3v) is 2.87. The first kappa shape index (κ1) is 10.2. The number of aromatic nitrogens is 1. The molecular weight excluding hydrogens is 220 g/mol. The number of rotatable bonds is 2. The Labute approximate surface area is 98.1 Å². The third kappa shape index (κ3) is 1.55. The van der Waals surface area contributed by atoms with Crippen LogP contribution in [0.3, 0.4) is 0 Å². The molecule has 2 heterocycles. The van der Waals surface area contributed by atoms with Crippen LogP contribution in [0, 0.1) is 0 Å². The van der Waals surface area contributed by atoms with Gasteiger partial charge in [-0.05, 0) is 17.2 Å². The van der Waals surface area contributed by atoms with Gasteiger partial charge in [-0.2, -0.15) is 0 Å². The Balaban J connectivity index is 2.23. The van der Waals surface area contributed by atoms with Crippen LogP contribution < -0.4 is 10.5 Å². The van der Waals surface area contributed by atoms with E-state index in [0.29, 0.717) is 24.8 Å². The Kier molecular flexibility index (Phi) is 2.26. The van der Waals surface area contributed by atoms with Crippen molar-refractivity contribution in [2.45, 2.75) is 13.2 Å². The Morgan fingerprint density at radius 2 is 2.24 bits per heavy atom. The van der Waals surface area contributed by atoms with E-state index in [1.54, 1.807) is 13.2 Å². The zero-order valence-corrected chi connectivity index (χ0v) is 9.40. The molecule has 0 fully saturated rings. The Morgan fingerprint density at radius 3 is 2.94 bits per heavy atom. The van der Waals surface area contributed by atoms with Crippen LogP contribution in [0.2, 0.25) is 0 Å². The van der Waals surface area contributed by atoms with Gasteiger partial charge in [-0.25, -0.2) is 0 Å². The fourth-order valence-corrected chi connectivity index (χ4v) is 2.08. The van der Waals surface area contributed by atoms with Gasteiger partial charge in [-0.15, -0.1) is 0 Å². The maximum atomic E-state index is 5.58. The number of nitrogens with zero attached hydrogens (tertiary/aromatic N) is 1. The summed E-state index contributed by atoms with van der Waals surface area (Å²) in [5, 5.41) is 3.70. The van der Waals surface area contributed by atoms with E-state index in [0.717, 1.165) is 22.4 Å². The van der Waals surface area contributed by atoms with Crippen LogP contribution >= 0.6 is 0 Å². The maximum Gasteiger partial charge on any atom is 0.173 e. The van der Waals surface area contributed by atoms with Gasteiger partial charge in [-0.3, -0.25) is 0 Å². The van der Waals surface area contributed by atoms with E-state index in [9.17, 15) is 0 Å². The molecule has 0 aliphatic carbocycles. The van der Waals surface area contributed by atoms with Crippen molar-refractivity contribution in [2.24, 2.45) is 0 Å². The molecule has 88 valence electrons. The van der Waals surface area contributed by atoms with E-state index < -0.39 is 0 Å². The van der Waals surface area contributed by atoms with Crippen molar-refractivity contribution in [1.82, 2.24) is 5.16 Å². The fraction of sp³-hybridized carbons (Fsp3) is 0.250. The molecule has 2 aromatic rings. The SMILES string of the molecule is COc1ccc2c(c1-c1cc(N)no1)COC2. The molecule has 0 spiro atoms. The summed E-state index contributed by atoms with van der Waals surface area (Å²) in [4.78, 5) is 0. The van der Waals surface area contributed by atoms with Gasteiger partial charge in [0.1, 0.15) is 5.75 Å². The maximum absolute atomic E-state index is 5.58. The van der Waals surface area contributed by atoms with Gasteiger partial charge in [0.2, 0.25) is 0 Å². The Bertz CT molecular complexity index is 563. The van der Waals surface area contributed by atoms with Crippen molar-refractivity contribution in [3.8, 4) is 17.1 Å². The zero-order chi connectivity index (χ0) is 11.8.